The number of carbonyl (C=O) groups excluding carboxylic acids is 1. The Bertz CT molecular complexity index is 836. The van der Waals surface area contributed by atoms with Gasteiger partial charge in [-0.25, -0.2) is 14.8 Å². The minimum Gasteiger partial charge on any atom is -0.311 e. The number of amides is 2. The number of carbonyl (C=O) groups is 1. The quantitative estimate of drug-likeness (QED) is 0.610. The van der Waals surface area contributed by atoms with Crippen LogP contribution in [0.1, 0.15) is 20.0 Å². The van der Waals surface area contributed by atoms with Crippen LogP contribution < -0.4 is 16.0 Å². The Labute approximate surface area is 156 Å². The number of urea groups is 1. The van der Waals surface area contributed by atoms with Crippen molar-refractivity contribution < 1.29 is 4.79 Å². The molecule has 7 nitrogen and oxygen atoms in total. The van der Waals surface area contributed by atoms with Gasteiger partial charge >= 0.3 is 6.03 Å². The molecule has 3 aromatic heterocycles. The molecule has 0 radical (unpaired) electrons. The molecule has 8 heteroatoms. The van der Waals surface area contributed by atoms with E-state index >= 15 is 0 Å². The van der Waals surface area contributed by atoms with Crippen LogP contribution in [-0.2, 0) is 6.54 Å². The van der Waals surface area contributed by atoms with Crippen LogP contribution in [0.15, 0.2) is 48.1 Å². The summed E-state index contributed by atoms with van der Waals surface area (Å²) in [4.78, 5) is 24.9. The average Bonchev–Trinajstić information content (AvgIpc) is 3.09. The first-order valence-electron chi connectivity index (χ1n) is 7.85. The van der Waals surface area contributed by atoms with Crippen molar-refractivity contribution in [3.8, 4) is 10.6 Å². The summed E-state index contributed by atoms with van der Waals surface area (Å²) in [5.41, 5.74) is 1.83. The van der Waals surface area contributed by atoms with Crippen molar-refractivity contribution in [2.45, 2.75) is 20.9 Å². The summed E-state index contributed by atoms with van der Waals surface area (Å²) < 4.78 is 0. The van der Waals surface area contributed by atoms with E-state index in [1.165, 1.54) is 11.3 Å². The Kier molecular flexibility index (Phi) is 7.19. The van der Waals surface area contributed by atoms with Crippen molar-refractivity contribution in [2.75, 3.05) is 17.2 Å². The highest BCUT2D eigenvalue weighted by molar-refractivity contribution is 7.13. The third-order valence-corrected chi connectivity index (χ3v) is 4.17. The van der Waals surface area contributed by atoms with Gasteiger partial charge in [0.25, 0.3) is 0 Å². The second-order valence-corrected chi connectivity index (χ2v) is 6.01. The van der Waals surface area contributed by atoms with Crippen molar-refractivity contribution in [2.24, 2.45) is 0 Å². The lowest BCUT2D eigenvalue weighted by atomic mass is 10.3. The molecule has 26 heavy (non-hydrogen) atoms. The molecule has 0 saturated heterocycles. The monoisotopic (exact) mass is 370 g/mol. The molecule has 0 aliphatic rings. The van der Waals surface area contributed by atoms with Gasteiger partial charge in [-0.2, -0.15) is 0 Å². The molecule has 0 fully saturated rings. The van der Waals surface area contributed by atoms with Gasteiger partial charge in [-0.05, 0) is 30.8 Å². The van der Waals surface area contributed by atoms with Gasteiger partial charge in [-0.3, -0.25) is 15.6 Å². The van der Waals surface area contributed by atoms with Crippen LogP contribution >= 0.6 is 11.3 Å². The van der Waals surface area contributed by atoms with Crippen molar-refractivity contribution in [1.29, 1.82) is 0 Å². The fourth-order valence-electron chi connectivity index (χ4n) is 2.12. The number of hydrogen-bond donors (Lipinski definition) is 3. The highest BCUT2D eigenvalue weighted by Crippen LogP contribution is 2.25. The van der Waals surface area contributed by atoms with E-state index in [1.54, 1.807) is 23.8 Å². The summed E-state index contributed by atoms with van der Waals surface area (Å²) in [6.07, 6.45) is 3.42. The lowest BCUT2D eigenvalue weighted by Gasteiger charge is -2.07. The zero-order valence-corrected chi connectivity index (χ0v) is 14.5. The molecule has 3 N–H and O–H groups in total. The predicted octanol–water partition coefficient (Wildman–Crippen LogP) is 3.99. The SMILES string of the molecule is C.CCNCc1cccc(NC(=O)Nc2csc(-c3ccncc3)n2)n1. The molecule has 3 aromatic rings. The maximum Gasteiger partial charge on any atom is 0.326 e. The van der Waals surface area contributed by atoms with Gasteiger partial charge < -0.3 is 5.32 Å². The molecule has 2 amide bonds. The van der Waals surface area contributed by atoms with E-state index in [4.69, 9.17) is 0 Å². The highest BCUT2D eigenvalue weighted by atomic mass is 32.1. The molecule has 0 atom stereocenters. The average molecular weight is 370 g/mol. The van der Waals surface area contributed by atoms with Crippen LogP contribution in [0.5, 0.6) is 0 Å². The summed E-state index contributed by atoms with van der Waals surface area (Å²) in [6.45, 7) is 3.56. The van der Waals surface area contributed by atoms with Gasteiger partial charge in [0, 0.05) is 29.9 Å². The number of thiazole rings is 1. The van der Waals surface area contributed by atoms with Crippen LogP contribution in [0.3, 0.4) is 0 Å². The number of hydrogen-bond acceptors (Lipinski definition) is 6. The van der Waals surface area contributed by atoms with Gasteiger partial charge in [0.1, 0.15) is 16.6 Å². The number of nitrogens with one attached hydrogen (secondary N) is 3. The minimum absolute atomic E-state index is 0. The number of rotatable bonds is 6. The van der Waals surface area contributed by atoms with E-state index in [1.807, 2.05) is 31.2 Å². The Hall–Kier alpha value is -2.84. The fourth-order valence-corrected chi connectivity index (χ4v) is 2.88. The van der Waals surface area contributed by atoms with E-state index in [2.05, 4.69) is 30.9 Å². The first kappa shape index (κ1) is 19.5. The first-order valence-corrected chi connectivity index (χ1v) is 8.73. The number of aromatic nitrogens is 3. The van der Waals surface area contributed by atoms with Gasteiger partial charge in [-0.15, -0.1) is 11.3 Å². The lowest BCUT2D eigenvalue weighted by molar-refractivity contribution is 0.262. The molecular formula is C18H22N6OS. The Balaban J connectivity index is 0.00000243. The molecular weight excluding hydrogens is 348 g/mol. The van der Waals surface area contributed by atoms with E-state index in [9.17, 15) is 4.79 Å². The summed E-state index contributed by atoms with van der Waals surface area (Å²) >= 11 is 1.46. The Morgan fingerprint density at radius 1 is 1.08 bits per heavy atom. The molecule has 0 unspecified atom stereocenters. The smallest absolute Gasteiger partial charge is 0.311 e. The van der Waals surface area contributed by atoms with Crippen LogP contribution in [0, 0.1) is 0 Å². The molecule has 3 rings (SSSR count). The maximum atomic E-state index is 12.1. The fraction of sp³-hybridized carbons (Fsp3) is 0.222. The van der Waals surface area contributed by atoms with Crippen molar-refractivity contribution >= 4 is 29.0 Å². The van der Waals surface area contributed by atoms with E-state index in [-0.39, 0.29) is 13.5 Å². The molecule has 0 saturated carbocycles. The van der Waals surface area contributed by atoms with E-state index < -0.39 is 0 Å². The van der Waals surface area contributed by atoms with Crippen LogP contribution in [0.2, 0.25) is 0 Å². The first-order chi connectivity index (χ1) is 12.2. The number of pyridine rings is 2. The van der Waals surface area contributed by atoms with Gasteiger partial charge in [0.05, 0.1) is 5.69 Å². The van der Waals surface area contributed by atoms with Gasteiger partial charge in [0.15, 0.2) is 0 Å². The zero-order chi connectivity index (χ0) is 17.5. The predicted molar refractivity (Wildman–Crippen MR) is 106 cm³/mol. The second kappa shape index (κ2) is 9.59. The van der Waals surface area contributed by atoms with Crippen LogP contribution in [0.4, 0.5) is 16.4 Å². The highest BCUT2D eigenvalue weighted by Gasteiger charge is 2.09. The zero-order valence-electron chi connectivity index (χ0n) is 13.7. The van der Waals surface area contributed by atoms with Crippen LogP contribution in [0.25, 0.3) is 10.6 Å². The molecule has 0 bridgehead atoms. The Morgan fingerprint density at radius 3 is 2.62 bits per heavy atom. The van der Waals surface area contributed by atoms with Gasteiger partial charge in [0.2, 0.25) is 0 Å². The number of nitrogens with zero attached hydrogens (tertiary/aromatic N) is 3. The standard InChI is InChI=1S/C17H18N6OS.CH4/c1-2-18-10-13-4-3-5-14(20-13)22-17(24)23-15-11-25-16(21-15)12-6-8-19-9-7-12;/h3-9,11,18H,2,10H2,1H3,(H2,20,22,23,24);1H4. The summed E-state index contributed by atoms with van der Waals surface area (Å²) in [5, 5.41) is 11.3. The third kappa shape index (κ3) is 5.33. The molecule has 3 heterocycles. The normalized spacial score (nSPS) is 10.0. The summed E-state index contributed by atoms with van der Waals surface area (Å²) in [5.74, 6) is 0.996. The molecule has 0 aliphatic carbocycles. The maximum absolute atomic E-state index is 12.1. The minimum atomic E-state index is -0.375. The number of anilines is 2. The van der Waals surface area contributed by atoms with Crippen molar-refractivity contribution in [3.05, 3.63) is 53.8 Å². The van der Waals surface area contributed by atoms with E-state index in [0.717, 1.165) is 22.8 Å². The molecule has 0 aromatic carbocycles. The summed E-state index contributed by atoms with van der Waals surface area (Å²) in [7, 11) is 0. The Morgan fingerprint density at radius 2 is 1.85 bits per heavy atom. The third-order valence-electron chi connectivity index (χ3n) is 3.28. The van der Waals surface area contributed by atoms with Crippen LogP contribution in [-0.4, -0.2) is 27.5 Å². The van der Waals surface area contributed by atoms with Crippen molar-refractivity contribution in [3.63, 3.8) is 0 Å². The lowest BCUT2D eigenvalue weighted by Crippen LogP contribution is -2.21. The largest absolute Gasteiger partial charge is 0.326 e. The van der Waals surface area contributed by atoms with Crippen molar-refractivity contribution in [1.82, 2.24) is 20.3 Å². The summed E-state index contributed by atoms with van der Waals surface area (Å²) in [6, 6.07) is 8.90. The topological polar surface area (TPSA) is 91.8 Å². The van der Waals surface area contributed by atoms with E-state index in [0.29, 0.717) is 18.2 Å². The molecule has 136 valence electrons. The second-order valence-electron chi connectivity index (χ2n) is 5.15. The molecule has 0 aliphatic heterocycles. The van der Waals surface area contributed by atoms with Gasteiger partial charge in [-0.1, -0.05) is 20.4 Å². The molecule has 0 spiro atoms.